The summed E-state index contributed by atoms with van der Waals surface area (Å²) in [5, 5.41) is 1.78. The van der Waals surface area contributed by atoms with Crippen molar-refractivity contribution in [2.45, 2.75) is 11.9 Å². The minimum absolute atomic E-state index is 0.435. The number of aldehydes is 1. The lowest BCUT2D eigenvalue weighted by molar-refractivity contribution is 0.112. The molecular weight excluding hydrogens is 354 g/mol. The Morgan fingerprint density at radius 2 is 1.87 bits per heavy atom. The zero-order chi connectivity index (χ0) is 16.2. The first-order chi connectivity index (χ1) is 11.2. The van der Waals surface area contributed by atoms with Crippen LogP contribution in [0.25, 0.3) is 22.0 Å². The SMILES string of the molecule is COCc1ccc2cc(-c3ccc(CBr)cc3)cc(C=O)c2n1. The summed E-state index contributed by atoms with van der Waals surface area (Å²) in [6, 6.07) is 16.2. The van der Waals surface area contributed by atoms with Gasteiger partial charge in [0.2, 0.25) is 0 Å². The van der Waals surface area contributed by atoms with Crippen LogP contribution in [-0.2, 0) is 16.7 Å². The maximum atomic E-state index is 11.5. The number of rotatable bonds is 5. The molecule has 0 fully saturated rings. The van der Waals surface area contributed by atoms with Crippen molar-refractivity contribution in [3.05, 3.63) is 65.4 Å². The number of pyridine rings is 1. The molecule has 2 aromatic carbocycles. The highest BCUT2D eigenvalue weighted by molar-refractivity contribution is 9.08. The van der Waals surface area contributed by atoms with Crippen molar-refractivity contribution in [2.24, 2.45) is 0 Å². The molecule has 23 heavy (non-hydrogen) atoms. The molecule has 4 heteroatoms. The number of fused-ring (bicyclic) bond motifs is 1. The molecule has 0 N–H and O–H groups in total. The van der Waals surface area contributed by atoms with E-state index in [1.165, 1.54) is 5.56 Å². The molecule has 0 aliphatic carbocycles. The molecule has 3 rings (SSSR count). The number of ether oxygens (including phenoxy) is 1. The van der Waals surface area contributed by atoms with Gasteiger partial charge in [0, 0.05) is 23.4 Å². The molecule has 0 atom stereocenters. The van der Waals surface area contributed by atoms with Crippen LogP contribution < -0.4 is 0 Å². The number of alkyl halides is 1. The lowest BCUT2D eigenvalue weighted by Crippen LogP contribution is -1.96. The third-order valence-corrected chi connectivity index (χ3v) is 4.39. The largest absolute Gasteiger partial charge is 0.378 e. The zero-order valence-electron chi connectivity index (χ0n) is 12.8. The third-order valence-electron chi connectivity index (χ3n) is 3.74. The van der Waals surface area contributed by atoms with Gasteiger partial charge in [-0.1, -0.05) is 46.3 Å². The summed E-state index contributed by atoms with van der Waals surface area (Å²) in [6.45, 7) is 0.435. The van der Waals surface area contributed by atoms with Crippen LogP contribution in [-0.4, -0.2) is 18.4 Å². The van der Waals surface area contributed by atoms with Gasteiger partial charge >= 0.3 is 0 Å². The average Bonchev–Trinajstić information content (AvgIpc) is 2.61. The summed E-state index contributed by atoms with van der Waals surface area (Å²) in [5.41, 5.74) is 5.45. The number of hydrogen-bond donors (Lipinski definition) is 0. The first-order valence-corrected chi connectivity index (χ1v) is 8.40. The Kier molecular flexibility index (Phi) is 4.84. The predicted molar refractivity (Wildman–Crippen MR) is 95.9 cm³/mol. The highest BCUT2D eigenvalue weighted by atomic mass is 79.9. The van der Waals surface area contributed by atoms with E-state index in [0.717, 1.165) is 39.3 Å². The molecular formula is C19H16BrNO2. The van der Waals surface area contributed by atoms with Crippen LogP contribution >= 0.6 is 15.9 Å². The standard InChI is InChI=1S/C19H16BrNO2/c1-23-12-18-7-6-15-8-16(9-17(11-22)19(15)21-18)14-4-2-13(10-20)3-5-14/h2-9,11H,10,12H2,1H3. The van der Waals surface area contributed by atoms with Crippen LogP contribution in [0.15, 0.2) is 48.5 Å². The van der Waals surface area contributed by atoms with Gasteiger partial charge in [-0.2, -0.15) is 0 Å². The van der Waals surface area contributed by atoms with Crippen molar-refractivity contribution in [2.75, 3.05) is 7.11 Å². The van der Waals surface area contributed by atoms with E-state index >= 15 is 0 Å². The molecule has 0 amide bonds. The van der Waals surface area contributed by atoms with Crippen molar-refractivity contribution in [3.63, 3.8) is 0 Å². The summed E-state index contributed by atoms with van der Waals surface area (Å²) >= 11 is 3.45. The van der Waals surface area contributed by atoms with Gasteiger partial charge in [-0.15, -0.1) is 0 Å². The first-order valence-electron chi connectivity index (χ1n) is 7.28. The van der Waals surface area contributed by atoms with Gasteiger partial charge in [0.1, 0.15) is 0 Å². The molecule has 0 bridgehead atoms. The average molecular weight is 370 g/mol. The van der Waals surface area contributed by atoms with E-state index in [0.29, 0.717) is 12.2 Å². The van der Waals surface area contributed by atoms with Crippen molar-refractivity contribution < 1.29 is 9.53 Å². The van der Waals surface area contributed by atoms with Gasteiger partial charge in [-0.25, -0.2) is 4.98 Å². The van der Waals surface area contributed by atoms with Crippen molar-refractivity contribution in [1.29, 1.82) is 0 Å². The fourth-order valence-electron chi connectivity index (χ4n) is 2.57. The highest BCUT2D eigenvalue weighted by Gasteiger charge is 2.08. The van der Waals surface area contributed by atoms with E-state index in [4.69, 9.17) is 4.74 Å². The molecule has 0 aliphatic heterocycles. The van der Waals surface area contributed by atoms with Gasteiger partial charge in [-0.05, 0) is 34.9 Å². The van der Waals surface area contributed by atoms with E-state index < -0.39 is 0 Å². The Labute approximate surface area is 143 Å². The molecule has 3 nitrogen and oxygen atoms in total. The number of benzene rings is 2. The Morgan fingerprint density at radius 3 is 2.52 bits per heavy atom. The monoisotopic (exact) mass is 369 g/mol. The normalized spacial score (nSPS) is 10.9. The molecule has 0 saturated carbocycles. The van der Waals surface area contributed by atoms with Crippen LogP contribution in [0.1, 0.15) is 21.6 Å². The maximum Gasteiger partial charge on any atom is 0.152 e. The Hall–Kier alpha value is -2.04. The van der Waals surface area contributed by atoms with Crippen molar-refractivity contribution >= 4 is 33.1 Å². The molecule has 0 aliphatic rings. The molecule has 1 heterocycles. The minimum atomic E-state index is 0.435. The van der Waals surface area contributed by atoms with E-state index in [2.05, 4.69) is 51.2 Å². The van der Waals surface area contributed by atoms with Gasteiger partial charge < -0.3 is 4.74 Å². The lowest BCUT2D eigenvalue weighted by Gasteiger charge is -2.09. The van der Waals surface area contributed by atoms with Gasteiger partial charge in [0.15, 0.2) is 6.29 Å². The number of carbonyl (C=O) groups is 1. The molecule has 1 aromatic heterocycles. The van der Waals surface area contributed by atoms with Gasteiger partial charge in [-0.3, -0.25) is 4.79 Å². The second kappa shape index (κ2) is 7.02. The Morgan fingerprint density at radius 1 is 1.09 bits per heavy atom. The van der Waals surface area contributed by atoms with Gasteiger partial charge in [0.05, 0.1) is 17.8 Å². The third kappa shape index (κ3) is 3.33. The molecule has 0 spiro atoms. The first kappa shape index (κ1) is 15.8. The second-order valence-corrected chi connectivity index (χ2v) is 5.88. The van der Waals surface area contributed by atoms with E-state index in [1.807, 2.05) is 18.2 Å². The Bertz CT molecular complexity index is 844. The second-order valence-electron chi connectivity index (χ2n) is 5.32. The number of methoxy groups -OCH3 is 1. The smallest absolute Gasteiger partial charge is 0.152 e. The summed E-state index contributed by atoms with van der Waals surface area (Å²) in [4.78, 5) is 16.0. The predicted octanol–water partition coefficient (Wildman–Crippen LogP) is 4.76. The molecule has 0 radical (unpaired) electrons. The summed E-state index contributed by atoms with van der Waals surface area (Å²) < 4.78 is 5.11. The number of hydrogen-bond acceptors (Lipinski definition) is 3. The van der Waals surface area contributed by atoms with E-state index in [1.54, 1.807) is 7.11 Å². The molecule has 0 unspecified atom stereocenters. The van der Waals surface area contributed by atoms with Crippen LogP contribution in [0.2, 0.25) is 0 Å². The lowest BCUT2D eigenvalue weighted by atomic mass is 9.99. The maximum absolute atomic E-state index is 11.5. The van der Waals surface area contributed by atoms with Crippen LogP contribution in [0, 0.1) is 0 Å². The topological polar surface area (TPSA) is 39.2 Å². The van der Waals surface area contributed by atoms with Crippen LogP contribution in [0.3, 0.4) is 0 Å². The van der Waals surface area contributed by atoms with Gasteiger partial charge in [0.25, 0.3) is 0 Å². The summed E-state index contributed by atoms with van der Waals surface area (Å²) in [5.74, 6) is 0. The number of carbonyl (C=O) groups excluding carboxylic acids is 1. The zero-order valence-corrected chi connectivity index (χ0v) is 14.3. The number of aromatic nitrogens is 1. The van der Waals surface area contributed by atoms with Crippen LogP contribution in [0.4, 0.5) is 0 Å². The molecule has 116 valence electrons. The number of nitrogens with zero attached hydrogens (tertiary/aromatic N) is 1. The minimum Gasteiger partial charge on any atom is -0.378 e. The molecule has 3 aromatic rings. The quantitative estimate of drug-likeness (QED) is 0.480. The molecule has 0 saturated heterocycles. The fourth-order valence-corrected chi connectivity index (χ4v) is 2.95. The highest BCUT2D eigenvalue weighted by Crippen LogP contribution is 2.27. The summed E-state index contributed by atoms with van der Waals surface area (Å²) in [7, 11) is 1.63. The number of halogens is 1. The van der Waals surface area contributed by atoms with Crippen molar-refractivity contribution in [3.8, 4) is 11.1 Å². The van der Waals surface area contributed by atoms with Crippen molar-refractivity contribution in [1.82, 2.24) is 4.98 Å². The van der Waals surface area contributed by atoms with Crippen LogP contribution in [0.5, 0.6) is 0 Å². The Balaban J connectivity index is 2.11. The van der Waals surface area contributed by atoms with E-state index in [-0.39, 0.29) is 0 Å². The van der Waals surface area contributed by atoms with E-state index in [9.17, 15) is 4.79 Å². The fraction of sp³-hybridized carbons (Fsp3) is 0.158. The summed E-state index contributed by atoms with van der Waals surface area (Å²) in [6.07, 6.45) is 0.863.